The molecule has 0 aliphatic heterocycles. The zero-order chi connectivity index (χ0) is 7.71. The molecule has 0 radical (unpaired) electrons. The zero-order valence-corrected chi connectivity index (χ0v) is 13.8. The van der Waals surface area contributed by atoms with Crippen LogP contribution in [0.2, 0.25) is 0 Å². The van der Waals surface area contributed by atoms with Gasteiger partial charge in [0.25, 0.3) is 0 Å². The van der Waals surface area contributed by atoms with Gasteiger partial charge in [0.15, 0.2) is 0 Å². The fourth-order valence-electron chi connectivity index (χ4n) is 0.105. The molecule has 0 aromatic heterocycles. The molecule has 12 heavy (non-hydrogen) atoms. The molecule has 0 amide bonds. The maximum atomic E-state index is 9.49. The van der Waals surface area contributed by atoms with Crippen LogP contribution < -0.4 is 89.8 Å². The SMILES string of the molecule is [F-].[K+].[Na+].[O]=[Cr](=[O])([O-])[O][Cr](=[O])(=[O])[OH]. The van der Waals surface area contributed by atoms with Gasteiger partial charge in [-0.15, -0.1) is 0 Å². The van der Waals surface area contributed by atoms with Crippen LogP contribution in [-0.2, 0) is 45.3 Å². The van der Waals surface area contributed by atoms with E-state index in [0.29, 0.717) is 0 Å². The van der Waals surface area contributed by atoms with Gasteiger partial charge in [0, 0.05) is 0 Å². The third-order valence-electron chi connectivity index (χ3n) is 0.169. The predicted molar refractivity (Wildman–Crippen MR) is 6.05 cm³/mol. The van der Waals surface area contributed by atoms with Crippen molar-refractivity contribution in [2.75, 3.05) is 0 Å². The van der Waals surface area contributed by atoms with Gasteiger partial charge in [-0.05, 0) is 0 Å². The molecule has 0 rings (SSSR count). The van der Waals surface area contributed by atoms with Crippen molar-refractivity contribution in [3.05, 3.63) is 0 Å². The second-order valence-electron chi connectivity index (χ2n) is 0.904. The van der Waals surface area contributed by atoms with E-state index in [1.807, 2.05) is 0 Å². The third-order valence-corrected chi connectivity index (χ3v) is 2.88. The number of hydrogen-bond acceptors (Lipinski definition) is 6. The van der Waals surface area contributed by atoms with E-state index in [-0.39, 0.29) is 85.6 Å². The molecule has 0 saturated carbocycles. The maximum absolute atomic E-state index is 9.49. The molecule has 0 bridgehead atoms. The summed E-state index contributed by atoms with van der Waals surface area (Å²) in [6, 6.07) is 0. The Morgan fingerprint density at radius 3 is 1.42 bits per heavy atom. The molecule has 0 spiro atoms. The molecule has 0 aliphatic carbocycles. The van der Waals surface area contributed by atoms with Crippen molar-refractivity contribution < 1.29 is 139 Å². The van der Waals surface area contributed by atoms with E-state index in [1.165, 1.54) is 0 Å². The zero-order valence-electron chi connectivity index (χ0n) is 6.09. The summed E-state index contributed by atoms with van der Waals surface area (Å²) < 4.78 is 57.6. The van der Waals surface area contributed by atoms with Crippen molar-refractivity contribution in [1.82, 2.24) is 0 Å². The van der Waals surface area contributed by atoms with Crippen molar-refractivity contribution >= 4 is 0 Å². The van der Waals surface area contributed by atoms with E-state index in [2.05, 4.69) is 2.84 Å². The summed E-state index contributed by atoms with van der Waals surface area (Å²) in [5, 5.41) is 0. The molecule has 0 fully saturated rings. The Hall–Kier alpha value is 2.71. The average Bonchev–Trinajstić information content (AvgIpc) is 1.14. The van der Waals surface area contributed by atoms with Gasteiger partial charge in [-0.25, -0.2) is 0 Å². The van der Waals surface area contributed by atoms with Crippen molar-refractivity contribution in [2.45, 2.75) is 0 Å². The van der Waals surface area contributed by atoms with E-state index in [0.717, 1.165) is 0 Å². The Bertz CT molecular complexity index is 247. The van der Waals surface area contributed by atoms with Gasteiger partial charge < -0.3 is 4.70 Å². The first-order valence-corrected chi connectivity index (χ1v) is 5.56. The van der Waals surface area contributed by atoms with Gasteiger partial charge in [-0.2, -0.15) is 0 Å². The van der Waals surface area contributed by atoms with Crippen molar-refractivity contribution in [1.29, 1.82) is 0 Å². The van der Waals surface area contributed by atoms with Gasteiger partial charge in [0.05, 0.1) is 0 Å². The standard InChI is InChI=1S/2Cr.FH.K.Na.H2O.6O/h;;1H;;;1H2;;;;;;/q;+1;;2*+1;;;;;;;-1/p-2. The molecule has 0 aliphatic rings. The van der Waals surface area contributed by atoms with Gasteiger partial charge in [0.1, 0.15) is 0 Å². The minimum atomic E-state index is -6.01. The van der Waals surface area contributed by atoms with E-state index < -0.39 is 27.2 Å². The molecule has 0 aromatic carbocycles. The molecule has 1 N–H and O–H groups in total. The number of halogens is 1. The van der Waals surface area contributed by atoms with Crippen molar-refractivity contribution in [2.24, 2.45) is 0 Å². The second-order valence-corrected chi connectivity index (χ2v) is 4.60. The average molecular weight is 298 g/mol. The Morgan fingerprint density at radius 1 is 1.17 bits per heavy atom. The van der Waals surface area contributed by atoms with Crippen LogP contribution in [0.1, 0.15) is 0 Å². The van der Waals surface area contributed by atoms with Crippen LogP contribution in [0.15, 0.2) is 0 Å². The van der Waals surface area contributed by atoms with Crippen molar-refractivity contribution in [3.8, 4) is 0 Å². The third kappa shape index (κ3) is 23.0. The summed E-state index contributed by atoms with van der Waals surface area (Å²) in [4.78, 5) is 0. The Labute approximate surface area is 136 Å². The van der Waals surface area contributed by atoms with Crippen LogP contribution >= 0.6 is 0 Å². The van der Waals surface area contributed by atoms with E-state index >= 15 is 0 Å². The van der Waals surface area contributed by atoms with E-state index in [4.69, 9.17) is 4.16 Å². The van der Waals surface area contributed by atoms with Crippen molar-refractivity contribution in [3.63, 3.8) is 0 Å². The van der Waals surface area contributed by atoms with Crippen LogP contribution in [0.3, 0.4) is 0 Å². The van der Waals surface area contributed by atoms with Crippen LogP contribution in [0, 0.1) is 0 Å². The minimum absolute atomic E-state index is 0. The second kappa shape index (κ2) is 8.97. The molecule has 0 aromatic rings. The fourth-order valence-corrected chi connectivity index (χ4v) is 1.79. The first kappa shape index (κ1) is 24.1. The normalized spacial score (nSPS) is 10.2. The molecule has 0 heterocycles. The summed E-state index contributed by atoms with van der Waals surface area (Å²) in [5.74, 6) is 0. The molecular weight excluding hydrogens is 297 g/mol. The summed E-state index contributed by atoms with van der Waals surface area (Å²) >= 11 is -11.8. The quantitative estimate of drug-likeness (QED) is 0.502. The fraction of sp³-hybridized carbons (Fsp3) is 0. The van der Waals surface area contributed by atoms with Crippen LogP contribution in [0.25, 0.3) is 0 Å². The van der Waals surface area contributed by atoms with Gasteiger partial charge in [0.2, 0.25) is 0 Å². The molecule has 7 nitrogen and oxygen atoms in total. The Balaban J connectivity index is -0.000000107. The molecule has 0 saturated heterocycles. The number of rotatable bonds is 2. The Morgan fingerprint density at radius 2 is 1.42 bits per heavy atom. The van der Waals surface area contributed by atoms with E-state index in [1.54, 1.807) is 0 Å². The van der Waals surface area contributed by atoms with Gasteiger partial charge in [-0.3, -0.25) is 0 Å². The van der Waals surface area contributed by atoms with Gasteiger partial charge in [-0.1, -0.05) is 0 Å². The molecular formula is HCr2FKNaO7. The monoisotopic (exact) mass is 298 g/mol. The number of hydrogen-bond donors (Lipinski definition) is 1. The molecule has 0 unspecified atom stereocenters. The molecule has 0 atom stereocenters. The summed E-state index contributed by atoms with van der Waals surface area (Å²) in [6.45, 7) is 0. The van der Waals surface area contributed by atoms with Crippen LogP contribution in [0.4, 0.5) is 0 Å². The predicted octanol–water partition coefficient (Wildman–Crippen LogP) is -11.3. The first-order chi connectivity index (χ1) is 3.71. The summed E-state index contributed by atoms with van der Waals surface area (Å²) in [7, 11) is 0. The van der Waals surface area contributed by atoms with E-state index in [9.17, 15) is 19.4 Å². The molecule has 12 heteroatoms. The summed E-state index contributed by atoms with van der Waals surface area (Å²) in [5.41, 5.74) is 0. The first-order valence-electron chi connectivity index (χ1n) is 1.35. The van der Waals surface area contributed by atoms with Gasteiger partial charge >= 0.3 is 135 Å². The van der Waals surface area contributed by atoms with Crippen LogP contribution in [-0.4, -0.2) is 4.16 Å². The van der Waals surface area contributed by atoms with Crippen LogP contribution in [0.5, 0.6) is 0 Å². The topological polar surface area (TPSA) is 121 Å². The Kier molecular flexibility index (Phi) is 18.0. The summed E-state index contributed by atoms with van der Waals surface area (Å²) in [6.07, 6.45) is 0. The molecule has 64 valence electrons.